The molecule has 2 saturated carbocycles. The molecule has 3 heteroatoms. The fraction of sp³-hybridized carbons (Fsp3) is 0.684. The monoisotopic (exact) mass is 303 g/mol. The van der Waals surface area contributed by atoms with Crippen molar-refractivity contribution < 1.29 is 9.84 Å². The third-order valence-corrected chi connectivity index (χ3v) is 5.25. The summed E-state index contributed by atoms with van der Waals surface area (Å²) >= 11 is 0. The van der Waals surface area contributed by atoms with E-state index in [0.29, 0.717) is 25.1 Å². The van der Waals surface area contributed by atoms with Crippen molar-refractivity contribution in [1.29, 1.82) is 0 Å². The Balaban J connectivity index is 1.60. The summed E-state index contributed by atoms with van der Waals surface area (Å²) in [6.07, 6.45) is 5.06. The topological polar surface area (TPSA) is 41.5 Å². The van der Waals surface area contributed by atoms with Crippen LogP contribution in [0.5, 0.6) is 5.75 Å². The lowest BCUT2D eigenvalue weighted by Crippen LogP contribution is -2.35. The molecule has 4 atom stereocenters. The molecule has 2 fully saturated rings. The summed E-state index contributed by atoms with van der Waals surface area (Å²) in [5.74, 6) is 3.43. The molecule has 0 heterocycles. The van der Waals surface area contributed by atoms with Crippen molar-refractivity contribution in [2.45, 2.75) is 57.6 Å². The molecular formula is C19H29NO2. The van der Waals surface area contributed by atoms with Gasteiger partial charge in [-0.1, -0.05) is 38.5 Å². The number of nitrogens with one attached hydrogen (secondary N) is 1. The Morgan fingerprint density at radius 1 is 1.23 bits per heavy atom. The number of rotatable bonds is 7. The zero-order valence-corrected chi connectivity index (χ0v) is 13.8. The molecule has 3 nitrogen and oxygen atoms in total. The lowest BCUT2D eigenvalue weighted by atomic mass is 9.83. The number of benzene rings is 1. The Morgan fingerprint density at radius 3 is 2.73 bits per heavy atom. The number of fused-ring (bicyclic) bond motifs is 2. The Labute approximate surface area is 134 Å². The van der Waals surface area contributed by atoms with E-state index >= 15 is 0 Å². The van der Waals surface area contributed by atoms with Gasteiger partial charge in [0.1, 0.15) is 18.5 Å². The van der Waals surface area contributed by atoms with Crippen LogP contribution in [0, 0.1) is 11.8 Å². The van der Waals surface area contributed by atoms with Crippen LogP contribution in [0.15, 0.2) is 24.3 Å². The van der Waals surface area contributed by atoms with E-state index in [1.165, 1.54) is 31.2 Å². The average molecular weight is 303 g/mol. The summed E-state index contributed by atoms with van der Waals surface area (Å²) in [7, 11) is 0. The van der Waals surface area contributed by atoms with Crippen molar-refractivity contribution in [1.82, 2.24) is 5.32 Å². The molecule has 2 aliphatic carbocycles. The van der Waals surface area contributed by atoms with Crippen molar-refractivity contribution in [2.24, 2.45) is 11.8 Å². The van der Waals surface area contributed by atoms with Crippen LogP contribution in [0.4, 0.5) is 0 Å². The van der Waals surface area contributed by atoms with Crippen LogP contribution >= 0.6 is 0 Å². The Morgan fingerprint density at radius 2 is 2.05 bits per heavy atom. The minimum atomic E-state index is -0.463. The van der Waals surface area contributed by atoms with Gasteiger partial charge in [0.2, 0.25) is 0 Å². The fourth-order valence-corrected chi connectivity index (χ4v) is 4.16. The number of aliphatic hydroxyl groups excluding tert-OH is 1. The van der Waals surface area contributed by atoms with Crippen molar-refractivity contribution in [3.05, 3.63) is 29.8 Å². The van der Waals surface area contributed by atoms with Crippen LogP contribution < -0.4 is 10.1 Å². The third kappa shape index (κ3) is 3.64. The van der Waals surface area contributed by atoms with Crippen molar-refractivity contribution >= 4 is 0 Å². The number of hydrogen-bond donors (Lipinski definition) is 2. The van der Waals surface area contributed by atoms with Gasteiger partial charge in [0.25, 0.3) is 0 Å². The number of hydrogen-bond acceptors (Lipinski definition) is 3. The maximum atomic E-state index is 10.0. The van der Waals surface area contributed by atoms with E-state index in [4.69, 9.17) is 4.74 Å². The molecule has 0 radical (unpaired) electrons. The van der Waals surface area contributed by atoms with Gasteiger partial charge in [0.05, 0.1) is 0 Å². The molecule has 1 aromatic carbocycles. The number of aliphatic hydroxyl groups is 1. The average Bonchev–Trinajstić information content (AvgIpc) is 3.14. The second kappa shape index (κ2) is 7.01. The maximum Gasteiger partial charge on any atom is 0.122 e. The molecule has 122 valence electrons. The van der Waals surface area contributed by atoms with E-state index in [1.54, 1.807) is 0 Å². The summed E-state index contributed by atoms with van der Waals surface area (Å²) in [6, 6.07) is 8.81. The first-order valence-electron chi connectivity index (χ1n) is 8.76. The first-order chi connectivity index (χ1) is 10.6. The van der Waals surface area contributed by atoms with Crippen LogP contribution in [-0.2, 0) is 0 Å². The molecule has 0 spiro atoms. The molecule has 22 heavy (non-hydrogen) atoms. The van der Waals surface area contributed by atoms with Crippen LogP contribution in [0.25, 0.3) is 0 Å². The van der Waals surface area contributed by atoms with Gasteiger partial charge in [-0.25, -0.2) is 0 Å². The molecule has 0 aromatic heterocycles. The zero-order valence-electron chi connectivity index (χ0n) is 13.8. The van der Waals surface area contributed by atoms with E-state index in [9.17, 15) is 5.11 Å². The Kier molecular flexibility index (Phi) is 5.04. The van der Waals surface area contributed by atoms with E-state index in [0.717, 1.165) is 17.6 Å². The Bertz CT molecular complexity index is 488. The summed E-state index contributed by atoms with van der Waals surface area (Å²) in [6.45, 7) is 5.10. The standard InChI is InChI=1S/C19H29NO2/c1-13(2)20-11-16(21)12-22-19-6-4-3-5-17(19)18-10-14-7-8-15(18)9-14/h3-6,13-16,18,20-21H,7-12H2,1-2H3. The summed E-state index contributed by atoms with van der Waals surface area (Å²) in [5.41, 5.74) is 1.36. The number of ether oxygens (including phenoxy) is 1. The molecule has 0 amide bonds. The lowest BCUT2D eigenvalue weighted by Gasteiger charge is -2.25. The first-order valence-corrected chi connectivity index (χ1v) is 8.76. The predicted octanol–water partition coefficient (Wildman–Crippen LogP) is 3.33. The van der Waals surface area contributed by atoms with Crippen LogP contribution in [0.1, 0.15) is 51.0 Å². The van der Waals surface area contributed by atoms with Gasteiger partial charge < -0.3 is 15.2 Å². The quantitative estimate of drug-likeness (QED) is 0.812. The maximum absolute atomic E-state index is 10.0. The van der Waals surface area contributed by atoms with Gasteiger partial charge in [-0.15, -0.1) is 0 Å². The van der Waals surface area contributed by atoms with Crippen LogP contribution in [-0.4, -0.2) is 30.4 Å². The fourth-order valence-electron chi connectivity index (χ4n) is 4.16. The molecule has 0 saturated heterocycles. The number of para-hydroxylation sites is 1. The van der Waals surface area contributed by atoms with Gasteiger partial charge in [-0.3, -0.25) is 0 Å². The zero-order chi connectivity index (χ0) is 15.5. The highest BCUT2D eigenvalue weighted by Crippen LogP contribution is 2.54. The van der Waals surface area contributed by atoms with Gasteiger partial charge in [0.15, 0.2) is 0 Å². The van der Waals surface area contributed by atoms with Crippen molar-refractivity contribution in [3.63, 3.8) is 0 Å². The molecule has 4 unspecified atom stereocenters. The molecule has 3 rings (SSSR count). The molecular weight excluding hydrogens is 274 g/mol. The molecule has 2 bridgehead atoms. The molecule has 1 aromatic rings. The first kappa shape index (κ1) is 15.8. The van der Waals surface area contributed by atoms with E-state index in [1.807, 2.05) is 6.07 Å². The second-order valence-corrected chi connectivity index (χ2v) is 7.35. The summed E-state index contributed by atoms with van der Waals surface area (Å²) in [4.78, 5) is 0. The largest absolute Gasteiger partial charge is 0.491 e. The molecule has 2 aliphatic rings. The van der Waals surface area contributed by atoms with Crippen molar-refractivity contribution in [3.8, 4) is 5.75 Å². The van der Waals surface area contributed by atoms with E-state index in [-0.39, 0.29) is 0 Å². The molecule has 2 N–H and O–H groups in total. The van der Waals surface area contributed by atoms with Crippen molar-refractivity contribution in [2.75, 3.05) is 13.2 Å². The minimum Gasteiger partial charge on any atom is -0.491 e. The van der Waals surface area contributed by atoms with Gasteiger partial charge >= 0.3 is 0 Å². The molecule has 0 aliphatic heterocycles. The van der Waals surface area contributed by atoms with Crippen LogP contribution in [0.2, 0.25) is 0 Å². The summed E-state index contributed by atoms with van der Waals surface area (Å²) in [5, 5.41) is 13.3. The summed E-state index contributed by atoms with van der Waals surface area (Å²) < 4.78 is 5.96. The smallest absolute Gasteiger partial charge is 0.122 e. The van der Waals surface area contributed by atoms with Crippen LogP contribution in [0.3, 0.4) is 0 Å². The Hall–Kier alpha value is -1.06. The highest BCUT2D eigenvalue weighted by Gasteiger charge is 2.41. The SMILES string of the molecule is CC(C)NCC(O)COc1ccccc1C1CC2CCC1C2. The normalized spacial score (nSPS) is 28.3. The van der Waals surface area contributed by atoms with Gasteiger partial charge in [0, 0.05) is 12.6 Å². The lowest BCUT2D eigenvalue weighted by molar-refractivity contribution is 0.103. The van der Waals surface area contributed by atoms with E-state index in [2.05, 4.69) is 37.4 Å². The highest BCUT2D eigenvalue weighted by molar-refractivity contribution is 5.38. The third-order valence-electron chi connectivity index (χ3n) is 5.25. The minimum absolute atomic E-state index is 0.359. The highest BCUT2D eigenvalue weighted by atomic mass is 16.5. The predicted molar refractivity (Wildman–Crippen MR) is 89.3 cm³/mol. The van der Waals surface area contributed by atoms with Gasteiger partial charge in [-0.05, 0) is 48.6 Å². The van der Waals surface area contributed by atoms with E-state index < -0.39 is 6.10 Å². The van der Waals surface area contributed by atoms with Gasteiger partial charge in [-0.2, -0.15) is 0 Å². The second-order valence-electron chi connectivity index (χ2n) is 7.35.